The van der Waals surface area contributed by atoms with Crippen LogP contribution < -0.4 is 16.4 Å². The fourth-order valence-corrected chi connectivity index (χ4v) is 1.75. The molecule has 1 aromatic carbocycles. The molecule has 0 aliphatic heterocycles. The summed E-state index contributed by atoms with van der Waals surface area (Å²) in [6.45, 7) is 3.76. The van der Waals surface area contributed by atoms with Gasteiger partial charge in [-0.25, -0.2) is 9.59 Å². The second-order valence-electron chi connectivity index (χ2n) is 4.74. The molecule has 0 aliphatic carbocycles. The number of anilines is 1. The summed E-state index contributed by atoms with van der Waals surface area (Å²) in [6, 6.07) is 3.62. The van der Waals surface area contributed by atoms with Crippen molar-refractivity contribution in [3.05, 3.63) is 29.3 Å². The normalized spacial score (nSPS) is 11.5. The summed E-state index contributed by atoms with van der Waals surface area (Å²) >= 11 is 0. The minimum atomic E-state index is -1.22. The molecule has 0 bridgehead atoms. The van der Waals surface area contributed by atoms with Gasteiger partial charge < -0.3 is 21.5 Å². The van der Waals surface area contributed by atoms with Crippen molar-refractivity contribution >= 4 is 23.6 Å². The zero-order chi connectivity index (χ0) is 16.0. The lowest BCUT2D eigenvalue weighted by Crippen LogP contribution is -2.43. The average molecular weight is 293 g/mol. The van der Waals surface area contributed by atoms with Crippen LogP contribution >= 0.6 is 0 Å². The minimum Gasteiger partial charge on any atom is -0.480 e. The van der Waals surface area contributed by atoms with Crippen molar-refractivity contribution in [3.63, 3.8) is 0 Å². The van der Waals surface area contributed by atoms with Gasteiger partial charge in [0.1, 0.15) is 6.04 Å². The second-order valence-corrected chi connectivity index (χ2v) is 4.74. The Morgan fingerprint density at radius 3 is 2.52 bits per heavy atom. The van der Waals surface area contributed by atoms with Crippen LogP contribution in [-0.2, 0) is 9.59 Å². The molecule has 5 N–H and O–H groups in total. The molecular weight excluding hydrogens is 274 g/mol. The molecule has 7 heteroatoms. The number of aryl methyl sites for hydroxylation is 1. The number of urea groups is 1. The molecule has 0 aromatic heterocycles. The summed E-state index contributed by atoms with van der Waals surface area (Å²) in [5.74, 6) is -1.83. The standard InChI is InChI=1S/C14H19N3O4/c1-8-4-3-5-10(9(8)2)16-14(21)17-11(13(19)20)6-7-12(15)18/h3-5,11H,6-7H2,1-2H3,(H2,15,18)(H,19,20)(H2,16,17,21)/t11-/m1/s1. The molecule has 0 radical (unpaired) electrons. The lowest BCUT2D eigenvalue weighted by atomic mass is 10.1. The number of amides is 3. The number of nitrogens with two attached hydrogens (primary N) is 1. The van der Waals surface area contributed by atoms with Crippen LogP contribution in [0.1, 0.15) is 24.0 Å². The zero-order valence-electron chi connectivity index (χ0n) is 12.0. The highest BCUT2D eigenvalue weighted by atomic mass is 16.4. The third-order valence-corrected chi connectivity index (χ3v) is 3.14. The van der Waals surface area contributed by atoms with E-state index in [0.29, 0.717) is 5.69 Å². The number of carboxylic acid groups (broad SMARTS) is 1. The van der Waals surface area contributed by atoms with E-state index in [0.717, 1.165) is 11.1 Å². The first-order valence-electron chi connectivity index (χ1n) is 6.46. The average Bonchev–Trinajstić information content (AvgIpc) is 2.39. The van der Waals surface area contributed by atoms with Gasteiger partial charge in [0.15, 0.2) is 0 Å². The first kappa shape index (κ1) is 16.5. The molecule has 0 saturated carbocycles. The Morgan fingerprint density at radius 2 is 1.95 bits per heavy atom. The summed E-state index contributed by atoms with van der Waals surface area (Å²) in [5.41, 5.74) is 7.49. The van der Waals surface area contributed by atoms with Crippen molar-refractivity contribution in [2.45, 2.75) is 32.7 Å². The smallest absolute Gasteiger partial charge is 0.326 e. The number of rotatable bonds is 6. The van der Waals surface area contributed by atoms with Gasteiger partial charge in [0.2, 0.25) is 5.91 Å². The molecule has 3 amide bonds. The molecule has 1 aromatic rings. The summed E-state index contributed by atoms with van der Waals surface area (Å²) < 4.78 is 0. The number of carbonyl (C=O) groups is 3. The van der Waals surface area contributed by atoms with Crippen LogP contribution in [0.4, 0.5) is 10.5 Å². The van der Waals surface area contributed by atoms with Gasteiger partial charge in [0, 0.05) is 12.1 Å². The maximum atomic E-state index is 11.8. The number of hydrogen-bond acceptors (Lipinski definition) is 3. The highest BCUT2D eigenvalue weighted by Gasteiger charge is 2.20. The van der Waals surface area contributed by atoms with E-state index < -0.39 is 23.9 Å². The Labute approximate surface area is 122 Å². The molecule has 0 unspecified atom stereocenters. The molecule has 7 nitrogen and oxygen atoms in total. The molecule has 0 aliphatic rings. The van der Waals surface area contributed by atoms with Gasteiger partial charge in [0.05, 0.1) is 0 Å². The fraction of sp³-hybridized carbons (Fsp3) is 0.357. The molecule has 1 atom stereocenters. The molecule has 0 heterocycles. The van der Waals surface area contributed by atoms with E-state index in [1.165, 1.54) is 0 Å². The van der Waals surface area contributed by atoms with E-state index in [1.807, 2.05) is 19.9 Å². The molecule has 114 valence electrons. The van der Waals surface area contributed by atoms with Crippen LogP contribution in [0.3, 0.4) is 0 Å². The van der Waals surface area contributed by atoms with Crippen LogP contribution in [0.15, 0.2) is 18.2 Å². The quantitative estimate of drug-likeness (QED) is 0.628. The third kappa shape index (κ3) is 5.13. The number of carboxylic acids is 1. The monoisotopic (exact) mass is 293 g/mol. The number of primary amides is 1. The van der Waals surface area contributed by atoms with Crippen molar-refractivity contribution in [1.29, 1.82) is 0 Å². The van der Waals surface area contributed by atoms with E-state index in [9.17, 15) is 14.4 Å². The summed E-state index contributed by atoms with van der Waals surface area (Å²) in [7, 11) is 0. The maximum absolute atomic E-state index is 11.8. The van der Waals surface area contributed by atoms with Gasteiger partial charge in [-0.2, -0.15) is 0 Å². The molecule has 0 fully saturated rings. The van der Waals surface area contributed by atoms with Crippen molar-refractivity contribution in [2.24, 2.45) is 5.73 Å². The van der Waals surface area contributed by atoms with Gasteiger partial charge >= 0.3 is 12.0 Å². The van der Waals surface area contributed by atoms with E-state index in [-0.39, 0.29) is 12.8 Å². The number of benzene rings is 1. The Balaban J connectivity index is 2.67. The summed E-state index contributed by atoms with van der Waals surface area (Å²) in [6.07, 6.45) is -0.161. The predicted molar refractivity (Wildman–Crippen MR) is 77.9 cm³/mol. The van der Waals surface area contributed by atoms with Crippen molar-refractivity contribution in [1.82, 2.24) is 5.32 Å². The second kappa shape index (κ2) is 7.28. The number of carbonyl (C=O) groups excluding carboxylic acids is 2. The lowest BCUT2D eigenvalue weighted by Gasteiger charge is -2.16. The van der Waals surface area contributed by atoms with Crippen molar-refractivity contribution in [3.8, 4) is 0 Å². The molecule has 0 spiro atoms. The van der Waals surface area contributed by atoms with E-state index in [4.69, 9.17) is 10.8 Å². The van der Waals surface area contributed by atoms with Gasteiger partial charge in [-0.3, -0.25) is 4.79 Å². The van der Waals surface area contributed by atoms with Gasteiger partial charge in [-0.15, -0.1) is 0 Å². The van der Waals surface area contributed by atoms with Crippen LogP contribution in [0.2, 0.25) is 0 Å². The van der Waals surface area contributed by atoms with Crippen LogP contribution in [0, 0.1) is 13.8 Å². The van der Waals surface area contributed by atoms with Crippen LogP contribution in [0.5, 0.6) is 0 Å². The van der Waals surface area contributed by atoms with E-state index in [2.05, 4.69) is 10.6 Å². The Kier molecular flexibility index (Phi) is 5.71. The maximum Gasteiger partial charge on any atom is 0.326 e. The molecule has 21 heavy (non-hydrogen) atoms. The third-order valence-electron chi connectivity index (χ3n) is 3.14. The topological polar surface area (TPSA) is 122 Å². The summed E-state index contributed by atoms with van der Waals surface area (Å²) in [4.78, 5) is 33.5. The largest absolute Gasteiger partial charge is 0.480 e. The Hall–Kier alpha value is -2.57. The number of aliphatic carboxylic acids is 1. The summed E-state index contributed by atoms with van der Waals surface area (Å²) in [5, 5.41) is 13.9. The van der Waals surface area contributed by atoms with E-state index in [1.54, 1.807) is 12.1 Å². The predicted octanol–water partition coefficient (Wildman–Crippen LogP) is 1.14. The molecule has 1 rings (SSSR count). The Morgan fingerprint density at radius 1 is 1.29 bits per heavy atom. The van der Waals surface area contributed by atoms with Crippen LogP contribution in [-0.4, -0.2) is 29.1 Å². The van der Waals surface area contributed by atoms with Gasteiger partial charge in [-0.1, -0.05) is 12.1 Å². The van der Waals surface area contributed by atoms with E-state index >= 15 is 0 Å². The first-order valence-corrected chi connectivity index (χ1v) is 6.46. The van der Waals surface area contributed by atoms with Gasteiger partial charge in [-0.05, 0) is 37.5 Å². The molecular formula is C14H19N3O4. The van der Waals surface area contributed by atoms with Crippen molar-refractivity contribution < 1.29 is 19.5 Å². The number of nitrogens with one attached hydrogen (secondary N) is 2. The first-order chi connectivity index (χ1) is 9.81. The minimum absolute atomic E-state index is 0.0507. The fourth-order valence-electron chi connectivity index (χ4n) is 1.75. The zero-order valence-corrected chi connectivity index (χ0v) is 12.0. The highest BCUT2D eigenvalue weighted by molar-refractivity contribution is 5.93. The lowest BCUT2D eigenvalue weighted by molar-refractivity contribution is -0.139. The highest BCUT2D eigenvalue weighted by Crippen LogP contribution is 2.17. The van der Waals surface area contributed by atoms with Gasteiger partial charge in [0.25, 0.3) is 0 Å². The van der Waals surface area contributed by atoms with Crippen molar-refractivity contribution in [2.75, 3.05) is 5.32 Å². The molecule has 0 saturated heterocycles. The Bertz CT molecular complexity index is 557. The van der Waals surface area contributed by atoms with Crippen LogP contribution in [0.25, 0.3) is 0 Å². The number of hydrogen-bond donors (Lipinski definition) is 4. The SMILES string of the molecule is Cc1cccc(NC(=O)N[C@H](CCC(N)=O)C(=O)O)c1C.